The molecule has 1 aromatic heterocycles. The van der Waals surface area contributed by atoms with Crippen LogP contribution in [0.4, 0.5) is 22.4 Å². The number of carbonyl (C=O) groups excluding carboxylic acids is 1. The number of pyridine rings is 1. The number of para-hydroxylation sites is 1. The third kappa shape index (κ3) is 6.36. The topological polar surface area (TPSA) is 63.2 Å². The van der Waals surface area contributed by atoms with Crippen molar-refractivity contribution in [2.24, 2.45) is 0 Å². The van der Waals surface area contributed by atoms with E-state index in [2.05, 4.69) is 26.9 Å². The van der Waals surface area contributed by atoms with Crippen LogP contribution in [-0.2, 0) is 5.41 Å². The van der Waals surface area contributed by atoms with Crippen molar-refractivity contribution in [1.82, 2.24) is 15.6 Å². The van der Waals surface area contributed by atoms with Crippen LogP contribution in [0.2, 0.25) is 5.02 Å². The highest BCUT2D eigenvalue weighted by Gasteiger charge is 2.47. The van der Waals surface area contributed by atoms with Gasteiger partial charge in [-0.05, 0) is 42.2 Å². The van der Waals surface area contributed by atoms with Crippen molar-refractivity contribution < 1.29 is 27.1 Å². The van der Waals surface area contributed by atoms with Gasteiger partial charge in [0.15, 0.2) is 0 Å². The molecule has 2 amide bonds. The molecule has 5 nitrogen and oxygen atoms in total. The molecular formula is C29H28ClF4N3O2. The van der Waals surface area contributed by atoms with E-state index in [4.69, 9.17) is 11.6 Å². The molecule has 1 heterocycles. The lowest BCUT2D eigenvalue weighted by atomic mass is 9.69. The van der Waals surface area contributed by atoms with Crippen LogP contribution in [0.25, 0.3) is 5.57 Å². The number of alkyl halides is 4. The Morgan fingerprint density at radius 2 is 1.72 bits per heavy atom. The molecule has 1 aliphatic rings. The fourth-order valence-corrected chi connectivity index (χ4v) is 4.99. The number of hydrogen-bond acceptors (Lipinski definition) is 3. The van der Waals surface area contributed by atoms with Gasteiger partial charge in [0, 0.05) is 24.3 Å². The average molecular weight is 562 g/mol. The van der Waals surface area contributed by atoms with Crippen molar-refractivity contribution in [3.8, 4) is 5.75 Å². The van der Waals surface area contributed by atoms with Gasteiger partial charge in [-0.2, -0.15) is 17.6 Å². The molecule has 0 aliphatic heterocycles. The van der Waals surface area contributed by atoms with E-state index in [1.807, 2.05) is 0 Å². The molecule has 1 aliphatic carbocycles. The maximum absolute atomic E-state index is 14.2. The van der Waals surface area contributed by atoms with E-state index in [0.717, 1.165) is 25.7 Å². The van der Waals surface area contributed by atoms with Crippen molar-refractivity contribution >= 4 is 23.2 Å². The first-order valence-corrected chi connectivity index (χ1v) is 12.9. The molecule has 39 heavy (non-hydrogen) atoms. The highest BCUT2D eigenvalue weighted by molar-refractivity contribution is 6.30. The second-order valence-corrected chi connectivity index (χ2v) is 9.82. The number of urea groups is 1. The first kappa shape index (κ1) is 28.4. The molecule has 0 spiro atoms. The van der Waals surface area contributed by atoms with Crippen LogP contribution in [0.3, 0.4) is 0 Å². The van der Waals surface area contributed by atoms with Crippen molar-refractivity contribution in [1.29, 1.82) is 0 Å². The van der Waals surface area contributed by atoms with Crippen molar-refractivity contribution in [2.45, 2.75) is 49.7 Å². The fourth-order valence-electron chi connectivity index (χ4n) is 4.88. The van der Waals surface area contributed by atoms with Gasteiger partial charge in [0.05, 0.1) is 16.1 Å². The van der Waals surface area contributed by atoms with Crippen molar-refractivity contribution in [2.75, 3.05) is 6.54 Å². The zero-order chi connectivity index (χ0) is 28.0. The fraction of sp³-hybridized carbons (Fsp3) is 0.310. The SMILES string of the molecule is C=C(c1ccccc1)[C@@](CNC(=O)NC1CCCC1)(c1ccc(Cl)cn1)c1ccccc1OC(F)(F)C(F)F. The maximum Gasteiger partial charge on any atom is 0.461 e. The smallest absolute Gasteiger partial charge is 0.428 e. The summed E-state index contributed by atoms with van der Waals surface area (Å²) in [5.74, 6) is -0.505. The zero-order valence-electron chi connectivity index (χ0n) is 21.0. The molecule has 1 atom stereocenters. The van der Waals surface area contributed by atoms with E-state index in [0.29, 0.717) is 21.9 Å². The quantitative estimate of drug-likeness (QED) is 0.257. The minimum atomic E-state index is -4.77. The molecule has 2 N–H and O–H groups in total. The highest BCUT2D eigenvalue weighted by atomic mass is 35.5. The van der Waals surface area contributed by atoms with Gasteiger partial charge in [-0.15, -0.1) is 0 Å². The van der Waals surface area contributed by atoms with E-state index >= 15 is 0 Å². The first-order valence-electron chi connectivity index (χ1n) is 12.5. The molecule has 10 heteroatoms. The van der Waals surface area contributed by atoms with Crippen LogP contribution in [-0.4, -0.2) is 36.1 Å². The molecule has 0 bridgehead atoms. The van der Waals surface area contributed by atoms with Crippen LogP contribution in [0, 0.1) is 0 Å². The monoisotopic (exact) mass is 561 g/mol. The molecule has 4 rings (SSSR count). The predicted molar refractivity (Wildman–Crippen MR) is 142 cm³/mol. The number of nitrogens with one attached hydrogen (secondary N) is 2. The Balaban J connectivity index is 1.88. The Hall–Kier alpha value is -3.59. The minimum Gasteiger partial charge on any atom is -0.428 e. The third-order valence-corrected chi connectivity index (χ3v) is 7.08. The van der Waals surface area contributed by atoms with E-state index in [1.165, 1.54) is 24.4 Å². The Morgan fingerprint density at radius 1 is 1.05 bits per heavy atom. The third-order valence-electron chi connectivity index (χ3n) is 6.85. The zero-order valence-corrected chi connectivity index (χ0v) is 21.7. The number of rotatable bonds is 10. The van der Waals surface area contributed by atoms with E-state index in [-0.39, 0.29) is 18.2 Å². The normalized spacial score (nSPS) is 15.5. The van der Waals surface area contributed by atoms with Crippen LogP contribution >= 0.6 is 11.6 Å². The number of hydrogen-bond donors (Lipinski definition) is 2. The molecule has 3 aromatic rings. The maximum atomic E-state index is 14.2. The standard InChI is InChI=1S/C29H28ClF4N3O2/c1-19(20-9-3-2-4-10-20)28(25-16-15-21(30)17-35-25,18-36-27(38)37-22-11-5-6-12-22)23-13-7-8-14-24(23)39-29(33,34)26(31)32/h2-4,7-10,13-17,22,26H,1,5-6,11-12,18H2,(H2,36,37,38)/t28-/m1/s1. The number of aromatic nitrogens is 1. The Labute approximate surface area is 229 Å². The van der Waals surface area contributed by atoms with E-state index in [1.54, 1.807) is 48.5 Å². The summed E-state index contributed by atoms with van der Waals surface area (Å²) >= 11 is 6.11. The summed E-state index contributed by atoms with van der Waals surface area (Å²) in [6.07, 6.45) is -3.73. The summed E-state index contributed by atoms with van der Waals surface area (Å²) in [7, 11) is 0. The molecule has 0 saturated heterocycles. The average Bonchev–Trinajstić information content (AvgIpc) is 3.43. The molecule has 0 radical (unpaired) electrons. The predicted octanol–water partition coefficient (Wildman–Crippen LogP) is 7.21. The molecule has 206 valence electrons. The Morgan fingerprint density at radius 3 is 2.36 bits per heavy atom. The van der Waals surface area contributed by atoms with Gasteiger partial charge in [0.2, 0.25) is 0 Å². The summed E-state index contributed by atoms with van der Waals surface area (Å²) in [5.41, 5.74) is -0.181. The van der Waals surface area contributed by atoms with Crippen molar-refractivity contribution in [3.05, 3.63) is 101 Å². The van der Waals surface area contributed by atoms with Crippen LogP contribution < -0.4 is 15.4 Å². The lowest BCUT2D eigenvalue weighted by Crippen LogP contribution is -2.48. The van der Waals surface area contributed by atoms with E-state index < -0.39 is 29.7 Å². The van der Waals surface area contributed by atoms with Gasteiger partial charge >= 0.3 is 18.6 Å². The van der Waals surface area contributed by atoms with Crippen LogP contribution in [0.15, 0.2) is 79.5 Å². The summed E-state index contributed by atoms with van der Waals surface area (Å²) < 4.78 is 59.4. The number of amides is 2. The van der Waals surface area contributed by atoms with Gasteiger partial charge in [-0.1, -0.05) is 79.6 Å². The lowest BCUT2D eigenvalue weighted by molar-refractivity contribution is -0.253. The van der Waals surface area contributed by atoms with E-state index in [9.17, 15) is 22.4 Å². The summed E-state index contributed by atoms with van der Waals surface area (Å²) in [5, 5.41) is 6.11. The van der Waals surface area contributed by atoms with Gasteiger partial charge in [-0.25, -0.2) is 4.79 Å². The molecule has 0 unspecified atom stereocenters. The number of carbonyl (C=O) groups is 1. The number of benzene rings is 2. The first-order chi connectivity index (χ1) is 18.6. The van der Waals surface area contributed by atoms with Crippen LogP contribution in [0.5, 0.6) is 5.75 Å². The molecule has 1 saturated carbocycles. The second-order valence-electron chi connectivity index (χ2n) is 9.38. The minimum absolute atomic E-state index is 0.0192. The molecule has 1 fully saturated rings. The van der Waals surface area contributed by atoms with Crippen molar-refractivity contribution in [3.63, 3.8) is 0 Å². The number of nitrogens with zero attached hydrogens (tertiary/aromatic N) is 1. The number of ether oxygens (including phenoxy) is 1. The molecular weight excluding hydrogens is 534 g/mol. The Kier molecular flexibility index (Phi) is 8.80. The number of halogens is 5. The highest BCUT2D eigenvalue weighted by Crippen LogP contribution is 2.47. The van der Waals surface area contributed by atoms with Crippen LogP contribution in [0.1, 0.15) is 42.5 Å². The summed E-state index contributed by atoms with van der Waals surface area (Å²) in [4.78, 5) is 17.5. The van der Waals surface area contributed by atoms with Gasteiger partial charge in [0.1, 0.15) is 5.75 Å². The summed E-state index contributed by atoms with van der Waals surface area (Å²) in [6.45, 7) is 4.09. The molecule has 2 aromatic carbocycles. The lowest BCUT2D eigenvalue weighted by Gasteiger charge is -2.38. The van der Waals surface area contributed by atoms with Gasteiger partial charge < -0.3 is 15.4 Å². The second kappa shape index (κ2) is 12.1. The summed E-state index contributed by atoms with van der Waals surface area (Å²) in [6, 6.07) is 17.2. The Bertz CT molecular complexity index is 1290. The van der Waals surface area contributed by atoms with Gasteiger partial charge in [-0.3, -0.25) is 4.98 Å². The largest absolute Gasteiger partial charge is 0.461 e. The van der Waals surface area contributed by atoms with Gasteiger partial charge in [0.25, 0.3) is 0 Å².